The third-order valence-corrected chi connectivity index (χ3v) is 5.68. The monoisotopic (exact) mass is 500 g/mol. The van der Waals surface area contributed by atoms with E-state index in [4.69, 9.17) is 25.2 Å². The number of benzene rings is 3. The van der Waals surface area contributed by atoms with Gasteiger partial charge in [0.2, 0.25) is 0 Å². The van der Waals surface area contributed by atoms with E-state index >= 15 is 0 Å². The summed E-state index contributed by atoms with van der Waals surface area (Å²) in [5.74, 6) is -0.0545. The lowest BCUT2D eigenvalue weighted by Gasteiger charge is -2.11. The van der Waals surface area contributed by atoms with Gasteiger partial charge < -0.3 is 13.6 Å². The summed E-state index contributed by atoms with van der Waals surface area (Å²) in [6.07, 6.45) is 1.09. The van der Waals surface area contributed by atoms with Gasteiger partial charge in [0, 0.05) is 16.0 Å². The Balaban J connectivity index is 1.33. The van der Waals surface area contributed by atoms with Crippen molar-refractivity contribution in [3.8, 4) is 11.3 Å². The molecule has 2 heterocycles. The maximum Gasteiger partial charge on any atom is 0.339 e. The van der Waals surface area contributed by atoms with E-state index in [2.05, 4.69) is 10.5 Å². The number of carbonyl (C=O) groups excluding carboxylic acids is 2. The Morgan fingerprint density at radius 1 is 0.972 bits per heavy atom. The highest BCUT2D eigenvalue weighted by atomic mass is 35.5. The van der Waals surface area contributed by atoms with Crippen LogP contribution in [-0.2, 0) is 4.74 Å². The molecule has 0 aliphatic rings. The van der Waals surface area contributed by atoms with E-state index in [1.54, 1.807) is 50.2 Å². The molecule has 1 amide bonds. The number of fused-ring (bicyclic) bond motifs is 3. The number of hydrazone groups is 1. The maximum atomic E-state index is 12.6. The van der Waals surface area contributed by atoms with Crippen molar-refractivity contribution in [3.63, 3.8) is 0 Å². The summed E-state index contributed by atoms with van der Waals surface area (Å²) >= 11 is 6.15. The number of nitrogens with one attached hydrogen (secondary N) is 1. The molecule has 0 saturated carbocycles. The van der Waals surface area contributed by atoms with Gasteiger partial charge in [-0.05, 0) is 67.1 Å². The number of halogens is 1. The molecule has 2 aromatic heterocycles. The van der Waals surface area contributed by atoms with E-state index < -0.39 is 11.9 Å². The van der Waals surface area contributed by atoms with E-state index in [1.165, 1.54) is 6.21 Å². The summed E-state index contributed by atoms with van der Waals surface area (Å²) in [6.45, 7) is 3.55. The zero-order valence-electron chi connectivity index (χ0n) is 19.4. The standard InChI is InChI=1S/C28H21ClN2O5/c1-16(2)34-28(33)21-10-8-18(29)13-22(21)24-12-9-19(35-24)15-30-31-27(32)26-14-23-20-6-4-3-5-17(20)7-11-25(23)36-26/h3-16H,1-2H3,(H,31,32)/b30-15+. The van der Waals surface area contributed by atoms with Gasteiger partial charge in [-0.1, -0.05) is 41.9 Å². The number of hydrogen-bond acceptors (Lipinski definition) is 6. The molecule has 0 fully saturated rings. The first-order valence-corrected chi connectivity index (χ1v) is 11.6. The van der Waals surface area contributed by atoms with E-state index in [0.29, 0.717) is 33.3 Å². The molecule has 0 aliphatic carbocycles. The lowest BCUT2D eigenvalue weighted by atomic mass is 10.1. The van der Waals surface area contributed by atoms with Crippen LogP contribution in [-0.4, -0.2) is 24.2 Å². The van der Waals surface area contributed by atoms with Crippen molar-refractivity contribution in [1.82, 2.24) is 5.43 Å². The van der Waals surface area contributed by atoms with Gasteiger partial charge in [0.05, 0.1) is 17.9 Å². The minimum absolute atomic E-state index is 0.144. The highest BCUT2D eigenvalue weighted by Gasteiger charge is 2.18. The fourth-order valence-electron chi connectivity index (χ4n) is 3.86. The summed E-state index contributed by atoms with van der Waals surface area (Å²) in [5, 5.41) is 7.34. The molecule has 8 heteroatoms. The van der Waals surface area contributed by atoms with Crippen LogP contribution in [0.1, 0.15) is 40.5 Å². The quantitative estimate of drug-likeness (QED) is 0.157. The number of carbonyl (C=O) groups is 2. The third-order valence-electron chi connectivity index (χ3n) is 5.44. The van der Waals surface area contributed by atoms with Gasteiger partial charge >= 0.3 is 11.9 Å². The first-order valence-electron chi connectivity index (χ1n) is 11.2. The minimum atomic E-state index is -0.494. The number of furan rings is 2. The summed E-state index contributed by atoms with van der Waals surface area (Å²) in [6, 6.07) is 21.6. The minimum Gasteiger partial charge on any atom is -0.459 e. The lowest BCUT2D eigenvalue weighted by molar-refractivity contribution is 0.0378. The van der Waals surface area contributed by atoms with Crippen molar-refractivity contribution in [1.29, 1.82) is 0 Å². The number of ether oxygens (including phenoxy) is 1. The molecule has 0 unspecified atom stereocenters. The number of nitrogens with zero attached hydrogens (tertiary/aromatic N) is 1. The number of rotatable bonds is 6. The molecule has 180 valence electrons. The molecule has 7 nitrogen and oxygen atoms in total. The smallest absolute Gasteiger partial charge is 0.339 e. The second kappa shape index (κ2) is 9.71. The molecule has 0 saturated heterocycles. The molecule has 0 aliphatic heterocycles. The fraction of sp³-hybridized carbons (Fsp3) is 0.107. The Labute approximate surface area is 211 Å². The zero-order chi connectivity index (χ0) is 25.2. The van der Waals surface area contributed by atoms with Crippen molar-refractivity contribution in [2.75, 3.05) is 0 Å². The Bertz CT molecular complexity index is 1630. The number of esters is 1. The zero-order valence-corrected chi connectivity index (χ0v) is 20.2. The SMILES string of the molecule is CC(C)OC(=O)c1ccc(Cl)cc1-c1ccc(/C=N/NC(=O)c2cc3c(ccc4ccccc43)o2)o1. The largest absolute Gasteiger partial charge is 0.459 e. The first-order chi connectivity index (χ1) is 17.4. The highest BCUT2D eigenvalue weighted by molar-refractivity contribution is 6.31. The Morgan fingerprint density at radius 3 is 2.64 bits per heavy atom. The second-order valence-electron chi connectivity index (χ2n) is 8.35. The van der Waals surface area contributed by atoms with Gasteiger partial charge in [-0.25, -0.2) is 10.2 Å². The predicted molar refractivity (Wildman–Crippen MR) is 138 cm³/mol. The van der Waals surface area contributed by atoms with Crippen molar-refractivity contribution in [2.24, 2.45) is 5.10 Å². The molecule has 3 aromatic carbocycles. The van der Waals surface area contributed by atoms with Crippen LogP contribution in [0.5, 0.6) is 0 Å². The van der Waals surface area contributed by atoms with Gasteiger partial charge in [0.25, 0.3) is 0 Å². The number of hydrogen-bond donors (Lipinski definition) is 1. The van der Waals surface area contributed by atoms with Crippen LogP contribution in [0.3, 0.4) is 0 Å². The molecule has 5 rings (SSSR count). The first kappa shape index (κ1) is 23.4. The lowest BCUT2D eigenvalue weighted by Crippen LogP contribution is -2.16. The van der Waals surface area contributed by atoms with E-state index in [-0.39, 0.29) is 11.9 Å². The van der Waals surface area contributed by atoms with Crippen LogP contribution in [0.15, 0.2) is 86.7 Å². The van der Waals surface area contributed by atoms with Crippen molar-refractivity contribution in [3.05, 3.63) is 94.9 Å². The van der Waals surface area contributed by atoms with Gasteiger partial charge in [-0.3, -0.25) is 4.79 Å². The van der Waals surface area contributed by atoms with E-state index in [1.807, 2.05) is 36.4 Å². The summed E-state index contributed by atoms with van der Waals surface area (Å²) < 4.78 is 16.8. The van der Waals surface area contributed by atoms with Gasteiger partial charge in [-0.15, -0.1) is 0 Å². The third kappa shape index (κ3) is 4.74. The van der Waals surface area contributed by atoms with Crippen LogP contribution in [0, 0.1) is 0 Å². The van der Waals surface area contributed by atoms with Gasteiger partial charge in [0.1, 0.15) is 17.1 Å². The molecule has 0 atom stereocenters. The highest BCUT2D eigenvalue weighted by Crippen LogP contribution is 2.30. The molecule has 0 bridgehead atoms. The van der Waals surface area contributed by atoms with Crippen molar-refractivity contribution < 1.29 is 23.2 Å². The Kier molecular flexibility index (Phi) is 6.31. The van der Waals surface area contributed by atoms with Crippen LogP contribution in [0.25, 0.3) is 33.1 Å². The van der Waals surface area contributed by atoms with E-state index in [9.17, 15) is 9.59 Å². The average Bonchev–Trinajstić information content (AvgIpc) is 3.51. The maximum absolute atomic E-state index is 12.6. The van der Waals surface area contributed by atoms with E-state index in [0.717, 1.165) is 16.2 Å². The second-order valence-corrected chi connectivity index (χ2v) is 8.79. The van der Waals surface area contributed by atoms with Crippen molar-refractivity contribution >= 4 is 51.4 Å². The molecule has 5 aromatic rings. The summed E-state index contributed by atoms with van der Waals surface area (Å²) in [5.41, 5.74) is 3.89. The number of amides is 1. The van der Waals surface area contributed by atoms with Crippen LogP contribution < -0.4 is 5.43 Å². The summed E-state index contributed by atoms with van der Waals surface area (Å²) in [4.78, 5) is 25.1. The Hall–Kier alpha value is -4.36. The summed E-state index contributed by atoms with van der Waals surface area (Å²) in [7, 11) is 0. The van der Waals surface area contributed by atoms with Crippen LogP contribution in [0.2, 0.25) is 5.02 Å². The molecular formula is C28H21ClN2O5. The topological polar surface area (TPSA) is 94.0 Å². The molecule has 0 spiro atoms. The van der Waals surface area contributed by atoms with Crippen molar-refractivity contribution in [2.45, 2.75) is 20.0 Å². The van der Waals surface area contributed by atoms with Gasteiger partial charge in [0.15, 0.2) is 5.76 Å². The normalized spacial score (nSPS) is 11.6. The molecule has 36 heavy (non-hydrogen) atoms. The molecular weight excluding hydrogens is 480 g/mol. The predicted octanol–water partition coefficient (Wildman–Crippen LogP) is 6.83. The average molecular weight is 501 g/mol. The fourth-order valence-corrected chi connectivity index (χ4v) is 4.03. The molecule has 0 radical (unpaired) electrons. The van der Waals surface area contributed by atoms with Crippen LogP contribution >= 0.6 is 11.6 Å². The van der Waals surface area contributed by atoms with Gasteiger partial charge in [-0.2, -0.15) is 5.10 Å². The Morgan fingerprint density at radius 2 is 1.81 bits per heavy atom. The molecule has 1 N–H and O–H groups in total. The van der Waals surface area contributed by atoms with Crippen LogP contribution in [0.4, 0.5) is 0 Å².